The van der Waals surface area contributed by atoms with Crippen LogP contribution in [0.15, 0.2) is 49.1 Å². The van der Waals surface area contributed by atoms with Crippen LogP contribution in [0, 0.1) is 0 Å². The summed E-state index contributed by atoms with van der Waals surface area (Å²) >= 11 is 0. The fourth-order valence-corrected chi connectivity index (χ4v) is 1.88. The number of para-hydroxylation sites is 1. The van der Waals surface area contributed by atoms with Gasteiger partial charge in [0.1, 0.15) is 0 Å². The van der Waals surface area contributed by atoms with E-state index in [1.54, 1.807) is 12.5 Å². The highest BCUT2D eigenvalue weighted by Crippen LogP contribution is 2.03. The first-order valence-electron chi connectivity index (χ1n) is 7.11. The predicted octanol–water partition coefficient (Wildman–Crippen LogP) is 1.68. The van der Waals surface area contributed by atoms with Gasteiger partial charge >= 0.3 is 6.03 Å². The molecule has 6 nitrogen and oxygen atoms in total. The number of imidazole rings is 1. The predicted molar refractivity (Wildman–Crippen MR) is 83.2 cm³/mol. The van der Waals surface area contributed by atoms with Crippen LogP contribution in [0.25, 0.3) is 0 Å². The molecule has 3 N–H and O–H groups in total. The summed E-state index contributed by atoms with van der Waals surface area (Å²) in [6.07, 6.45) is 6.32. The lowest BCUT2D eigenvalue weighted by Crippen LogP contribution is -2.38. The van der Waals surface area contributed by atoms with Crippen molar-refractivity contribution in [2.24, 2.45) is 0 Å². The van der Waals surface area contributed by atoms with E-state index in [0.717, 1.165) is 18.7 Å². The fourth-order valence-electron chi connectivity index (χ4n) is 1.88. The minimum Gasteiger partial charge on any atom is -0.383 e. The minimum absolute atomic E-state index is 0.129. The molecule has 21 heavy (non-hydrogen) atoms. The van der Waals surface area contributed by atoms with Crippen LogP contribution in [0.2, 0.25) is 0 Å². The van der Waals surface area contributed by atoms with Gasteiger partial charge in [-0.1, -0.05) is 18.2 Å². The standard InChI is InChI=1S/C15H21N5O/c21-15(18-7-4-11-20-12-10-16-13-20)19-9-8-17-14-5-2-1-3-6-14/h1-3,5-6,10,12-13,17H,4,7-9,11H2,(H2,18,19,21). The molecule has 0 aliphatic rings. The molecular weight excluding hydrogens is 266 g/mol. The summed E-state index contributed by atoms with van der Waals surface area (Å²) in [7, 11) is 0. The van der Waals surface area contributed by atoms with Gasteiger partial charge in [0.15, 0.2) is 0 Å². The van der Waals surface area contributed by atoms with Crippen LogP contribution in [0.1, 0.15) is 6.42 Å². The van der Waals surface area contributed by atoms with Gasteiger partial charge in [-0.15, -0.1) is 0 Å². The lowest BCUT2D eigenvalue weighted by Gasteiger charge is -2.09. The quantitative estimate of drug-likeness (QED) is 0.647. The zero-order valence-electron chi connectivity index (χ0n) is 12.0. The number of rotatable bonds is 8. The van der Waals surface area contributed by atoms with Crippen molar-refractivity contribution in [3.05, 3.63) is 49.1 Å². The Bertz CT molecular complexity index is 512. The van der Waals surface area contributed by atoms with E-state index in [-0.39, 0.29) is 6.03 Å². The number of nitrogens with one attached hydrogen (secondary N) is 3. The maximum atomic E-state index is 11.5. The molecule has 0 aliphatic heterocycles. The van der Waals surface area contributed by atoms with E-state index in [9.17, 15) is 4.79 Å². The SMILES string of the molecule is O=C(NCCCn1ccnc1)NCCNc1ccccc1. The molecule has 2 aromatic rings. The van der Waals surface area contributed by atoms with Gasteiger partial charge in [-0.25, -0.2) is 9.78 Å². The first-order chi connectivity index (χ1) is 10.3. The van der Waals surface area contributed by atoms with Crippen LogP contribution in [0.5, 0.6) is 0 Å². The van der Waals surface area contributed by atoms with Crippen LogP contribution < -0.4 is 16.0 Å². The van der Waals surface area contributed by atoms with Crippen molar-refractivity contribution in [2.45, 2.75) is 13.0 Å². The second-order valence-electron chi connectivity index (χ2n) is 4.63. The number of aromatic nitrogens is 2. The van der Waals surface area contributed by atoms with Crippen molar-refractivity contribution >= 4 is 11.7 Å². The van der Waals surface area contributed by atoms with Crippen molar-refractivity contribution in [2.75, 3.05) is 25.0 Å². The summed E-state index contributed by atoms with van der Waals surface area (Å²) in [4.78, 5) is 15.5. The second-order valence-corrected chi connectivity index (χ2v) is 4.63. The van der Waals surface area contributed by atoms with E-state index >= 15 is 0 Å². The molecular formula is C15H21N5O. The number of aryl methyl sites for hydroxylation is 1. The first-order valence-corrected chi connectivity index (χ1v) is 7.11. The Labute approximate surface area is 124 Å². The van der Waals surface area contributed by atoms with E-state index in [4.69, 9.17) is 0 Å². The molecule has 0 radical (unpaired) electrons. The zero-order valence-corrected chi connectivity index (χ0v) is 12.0. The molecule has 1 heterocycles. The van der Waals surface area contributed by atoms with Gasteiger partial charge in [0.2, 0.25) is 0 Å². The summed E-state index contributed by atoms with van der Waals surface area (Å²) in [5, 5.41) is 8.88. The Balaban J connectivity index is 1.48. The first kappa shape index (κ1) is 14.9. The number of nitrogens with zero attached hydrogens (tertiary/aromatic N) is 2. The van der Waals surface area contributed by atoms with Gasteiger partial charge in [0.05, 0.1) is 6.33 Å². The molecule has 0 spiro atoms. The lowest BCUT2D eigenvalue weighted by molar-refractivity contribution is 0.241. The molecule has 2 rings (SSSR count). The number of carbonyl (C=O) groups is 1. The number of hydrogen-bond donors (Lipinski definition) is 3. The van der Waals surface area contributed by atoms with Crippen molar-refractivity contribution in [3.8, 4) is 0 Å². The Morgan fingerprint density at radius 2 is 1.90 bits per heavy atom. The van der Waals surface area contributed by atoms with E-state index in [1.807, 2.05) is 41.1 Å². The normalized spacial score (nSPS) is 10.1. The van der Waals surface area contributed by atoms with Crippen molar-refractivity contribution < 1.29 is 4.79 Å². The summed E-state index contributed by atoms with van der Waals surface area (Å²) in [5.41, 5.74) is 1.06. The maximum absolute atomic E-state index is 11.5. The molecule has 112 valence electrons. The van der Waals surface area contributed by atoms with Crippen LogP contribution in [-0.2, 0) is 6.54 Å². The maximum Gasteiger partial charge on any atom is 0.314 e. The van der Waals surface area contributed by atoms with Crippen molar-refractivity contribution in [1.29, 1.82) is 0 Å². The number of benzene rings is 1. The number of urea groups is 1. The van der Waals surface area contributed by atoms with Gasteiger partial charge in [-0.2, -0.15) is 0 Å². The minimum atomic E-state index is -0.129. The van der Waals surface area contributed by atoms with E-state index in [1.165, 1.54) is 0 Å². The van der Waals surface area contributed by atoms with Crippen LogP contribution in [0.4, 0.5) is 10.5 Å². The Morgan fingerprint density at radius 1 is 1.10 bits per heavy atom. The molecule has 0 saturated heterocycles. The van der Waals surface area contributed by atoms with Gasteiger partial charge in [0.25, 0.3) is 0 Å². The molecule has 0 bridgehead atoms. The third-order valence-electron chi connectivity index (χ3n) is 2.95. The molecule has 6 heteroatoms. The molecule has 0 atom stereocenters. The summed E-state index contributed by atoms with van der Waals surface area (Å²) in [6, 6.07) is 9.79. The number of carbonyl (C=O) groups excluding carboxylic acids is 1. The van der Waals surface area contributed by atoms with E-state index in [0.29, 0.717) is 19.6 Å². The van der Waals surface area contributed by atoms with E-state index < -0.39 is 0 Å². The average Bonchev–Trinajstić information content (AvgIpc) is 3.02. The lowest BCUT2D eigenvalue weighted by atomic mass is 10.3. The molecule has 2 amide bonds. The van der Waals surface area contributed by atoms with Gasteiger partial charge < -0.3 is 20.5 Å². The van der Waals surface area contributed by atoms with Crippen molar-refractivity contribution in [3.63, 3.8) is 0 Å². The van der Waals surface area contributed by atoms with Gasteiger partial charge in [-0.3, -0.25) is 0 Å². The molecule has 1 aromatic heterocycles. The monoisotopic (exact) mass is 287 g/mol. The van der Waals surface area contributed by atoms with Crippen molar-refractivity contribution in [1.82, 2.24) is 20.2 Å². The van der Waals surface area contributed by atoms with Gasteiger partial charge in [0, 0.05) is 44.3 Å². The highest BCUT2D eigenvalue weighted by molar-refractivity contribution is 5.73. The molecule has 0 aliphatic carbocycles. The van der Waals surface area contributed by atoms with Crippen LogP contribution >= 0.6 is 0 Å². The topological polar surface area (TPSA) is 71.0 Å². The highest BCUT2D eigenvalue weighted by Gasteiger charge is 1.98. The van der Waals surface area contributed by atoms with Crippen LogP contribution in [0.3, 0.4) is 0 Å². The van der Waals surface area contributed by atoms with E-state index in [2.05, 4.69) is 20.9 Å². The third kappa shape index (κ3) is 5.99. The third-order valence-corrected chi connectivity index (χ3v) is 2.95. The smallest absolute Gasteiger partial charge is 0.314 e. The molecule has 0 unspecified atom stereocenters. The molecule has 1 aromatic carbocycles. The molecule has 0 saturated carbocycles. The second kappa shape index (κ2) is 8.63. The van der Waals surface area contributed by atoms with Crippen LogP contribution in [-0.4, -0.2) is 35.2 Å². The number of amides is 2. The Hall–Kier alpha value is -2.50. The molecule has 0 fully saturated rings. The largest absolute Gasteiger partial charge is 0.383 e. The highest BCUT2D eigenvalue weighted by atomic mass is 16.2. The Morgan fingerprint density at radius 3 is 2.67 bits per heavy atom. The number of hydrogen-bond acceptors (Lipinski definition) is 3. The Kier molecular flexibility index (Phi) is 6.12. The number of anilines is 1. The summed E-state index contributed by atoms with van der Waals surface area (Å²) < 4.78 is 1.99. The summed E-state index contributed by atoms with van der Waals surface area (Å²) in [6.45, 7) is 2.79. The average molecular weight is 287 g/mol. The summed E-state index contributed by atoms with van der Waals surface area (Å²) in [5.74, 6) is 0. The van der Waals surface area contributed by atoms with Gasteiger partial charge in [-0.05, 0) is 18.6 Å². The zero-order chi connectivity index (χ0) is 14.8. The fraction of sp³-hybridized carbons (Fsp3) is 0.333.